The fourth-order valence-corrected chi connectivity index (χ4v) is 3.37. The lowest BCUT2D eigenvalue weighted by atomic mass is 10.1. The van der Waals surface area contributed by atoms with Crippen LogP contribution in [0.2, 0.25) is 0 Å². The van der Waals surface area contributed by atoms with Gasteiger partial charge in [-0.1, -0.05) is 6.07 Å². The maximum atomic E-state index is 12.5. The van der Waals surface area contributed by atoms with Crippen LogP contribution in [0.4, 0.5) is 11.4 Å². The fourth-order valence-electron chi connectivity index (χ4n) is 2.61. The normalized spacial score (nSPS) is 13.2. The molecule has 0 bridgehead atoms. The molecule has 0 atom stereocenters. The summed E-state index contributed by atoms with van der Waals surface area (Å²) in [6.45, 7) is 0. The molecule has 1 saturated carbocycles. The average molecular weight is 393 g/mol. The van der Waals surface area contributed by atoms with Crippen molar-refractivity contribution in [3.63, 3.8) is 0 Å². The molecule has 0 radical (unpaired) electrons. The van der Waals surface area contributed by atoms with Crippen molar-refractivity contribution in [3.05, 3.63) is 60.4 Å². The number of amides is 2. The van der Waals surface area contributed by atoms with Gasteiger partial charge >= 0.3 is 0 Å². The smallest absolute Gasteiger partial charge is 0.255 e. The van der Waals surface area contributed by atoms with Gasteiger partial charge in [0.05, 0.1) is 0 Å². The molecule has 0 unspecified atom stereocenters. The van der Waals surface area contributed by atoms with E-state index in [0.29, 0.717) is 16.9 Å². The lowest BCUT2D eigenvalue weighted by Crippen LogP contribution is -2.15. The first kappa shape index (κ1) is 18.2. The molecule has 2 amide bonds. The van der Waals surface area contributed by atoms with Crippen molar-refractivity contribution in [2.75, 3.05) is 10.6 Å². The van der Waals surface area contributed by atoms with E-state index in [1.165, 1.54) is 11.8 Å². The van der Waals surface area contributed by atoms with Crippen molar-refractivity contribution in [3.8, 4) is 0 Å². The number of nitrogens with one attached hydrogen (secondary N) is 2. The number of rotatable bonds is 6. The Labute approximate surface area is 166 Å². The van der Waals surface area contributed by atoms with Crippen LogP contribution in [0.15, 0.2) is 64.9 Å². The average Bonchev–Trinajstić information content (AvgIpc) is 3.47. The Kier molecular flexibility index (Phi) is 5.12. The van der Waals surface area contributed by atoms with E-state index >= 15 is 0 Å². The summed E-state index contributed by atoms with van der Waals surface area (Å²) in [5, 5.41) is 14.4. The minimum absolute atomic E-state index is 0.0218. The third kappa shape index (κ3) is 4.40. The Hall–Kier alpha value is -3.13. The molecule has 1 fully saturated rings. The molecule has 1 aromatic heterocycles. The molecule has 8 heteroatoms. The van der Waals surface area contributed by atoms with Crippen molar-refractivity contribution in [2.45, 2.75) is 22.9 Å². The van der Waals surface area contributed by atoms with Crippen molar-refractivity contribution < 1.29 is 9.59 Å². The SMILES string of the molecule is Cn1cnnc1Sc1ccc(NC(=O)c2cccc(NC(=O)C3CC3)c2)cc1. The van der Waals surface area contributed by atoms with E-state index < -0.39 is 0 Å². The van der Waals surface area contributed by atoms with Gasteiger partial charge in [0.1, 0.15) is 6.33 Å². The minimum atomic E-state index is -0.226. The molecule has 0 aliphatic heterocycles. The maximum Gasteiger partial charge on any atom is 0.255 e. The van der Waals surface area contributed by atoms with E-state index in [-0.39, 0.29) is 17.7 Å². The second-order valence-electron chi connectivity index (χ2n) is 6.65. The summed E-state index contributed by atoms with van der Waals surface area (Å²) in [5.41, 5.74) is 1.82. The van der Waals surface area contributed by atoms with Crippen LogP contribution in [-0.4, -0.2) is 26.6 Å². The van der Waals surface area contributed by atoms with Gasteiger partial charge in [0.25, 0.3) is 5.91 Å². The quantitative estimate of drug-likeness (QED) is 0.668. The van der Waals surface area contributed by atoms with Gasteiger partial charge in [-0.25, -0.2) is 0 Å². The van der Waals surface area contributed by atoms with Gasteiger partial charge in [-0.3, -0.25) is 9.59 Å². The van der Waals surface area contributed by atoms with Crippen LogP contribution in [0.3, 0.4) is 0 Å². The number of hydrogen-bond donors (Lipinski definition) is 2. The number of nitrogens with zero attached hydrogens (tertiary/aromatic N) is 3. The Morgan fingerprint density at radius 2 is 1.86 bits per heavy atom. The molecule has 0 saturated heterocycles. The highest BCUT2D eigenvalue weighted by atomic mass is 32.2. The van der Waals surface area contributed by atoms with E-state index in [4.69, 9.17) is 0 Å². The second-order valence-corrected chi connectivity index (χ2v) is 7.69. The lowest BCUT2D eigenvalue weighted by Gasteiger charge is -2.09. The summed E-state index contributed by atoms with van der Waals surface area (Å²) >= 11 is 1.50. The van der Waals surface area contributed by atoms with Crippen LogP contribution in [0.5, 0.6) is 0 Å². The van der Waals surface area contributed by atoms with Crippen molar-refractivity contribution in [2.24, 2.45) is 13.0 Å². The first-order valence-corrected chi connectivity index (χ1v) is 9.74. The van der Waals surface area contributed by atoms with Crippen LogP contribution < -0.4 is 10.6 Å². The second kappa shape index (κ2) is 7.85. The molecule has 7 nitrogen and oxygen atoms in total. The third-order valence-corrected chi connectivity index (χ3v) is 5.39. The van der Waals surface area contributed by atoms with Crippen LogP contribution in [0.1, 0.15) is 23.2 Å². The number of hydrogen-bond acceptors (Lipinski definition) is 5. The Morgan fingerprint density at radius 1 is 1.07 bits per heavy atom. The van der Waals surface area contributed by atoms with E-state index in [1.807, 2.05) is 35.9 Å². The predicted octanol–water partition coefficient (Wildman–Crippen LogP) is 3.57. The van der Waals surface area contributed by atoms with E-state index in [9.17, 15) is 9.59 Å². The summed E-state index contributed by atoms with van der Waals surface area (Å²) in [6.07, 6.45) is 3.53. The fraction of sp³-hybridized carbons (Fsp3) is 0.200. The van der Waals surface area contributed by atoms with Gasteiger partial charge in [0, 0.05) is 34.8 Å². The summed E-state index contributed by atoms with van der Waals surface area (Å²) in [6, 6.07) is 14.5. The number of anilines is 2. The number of aromatic nitrogens is 3. The highest BCUT2D eigenvalue weighted by Crippen LogP contribution is 2.30. The number of aryl methyl sites for hydroxylation is 1. The standard InChI is InChI=1S/C20H19N5O2S/c1-25-12-21-24-20(25)28-17-9-7-15(8-10-17)22-19(27)14-3-2-4-16(11-14)23-18(26)13-5-6-13/h2-4,7-13H,5-6H2,1H3,(H,22,27)(H,23,26). The molecule has 4 rings (SSSR count). The molecule has 2 N–H and O–H groups in total. The summed E-state index contributed by atoms with van der Waals surface area (Å²) < 4.78 is 1.84. The minimum Gasteiger partial charge on any atom is -0.326 e. The molecule has 1 aliphatic rings. The molecule has 2 aromatic carbocycles. The Bertz CT molecular complexity index is 1010. The van der Waals surface area contributed by atoms with Crippen LogP contribution in [-0.2, 0) is 11.8 Å². The third-order valence-electron chi connectivity index (χ3n) is 4.33. The Balaban J connectivity index is 1.39. The van der Waals surface area contributed by atoms with Crippen molar-refractivity contribution in [1.82, 2.24) is 14.8 Å². The van der Waals surface area contributed by atoms with Crippen LogP contribution >= 0.6 is 11.8 Å². The molecule has 3 aromatic rings. The zero-order valence-corrected chi connectivity index (χ0v) is 16.1. The van der Waals surface area contributed by atoms with E-state index in [2.05, 4.69) is 20.8 Å². The van der Waals surface area contributed by atoms with Gasteiger partial charge in [0.15, 0.2) is 5.16 Å². The number of carbonyl (C=O) groups is 2. The van der Waals surface area contributed by atoms with Gasteiger partial charge in [-0.05, 0) is 67.1 Å². The Morgan fingerprint density at radius 3 is 2.54 bits per heavy atom. The van der Waals surface area contributed by atoms with Crippen LogP contribution in [0.25, 0.3) is 0 Å². The zero-order chi connectivity index (χ0) is 19.5. The van der Waals surface area contributed by atoms with Gasteiger partial charge < -0.3 is 15.2 Å². The number of carbonyl (C=O) groups excluding carboxylic acids is 2. The highest BCUT2D eigenvalue weighted by Gasteiger charge is 2.29. The largest absolute Gasteiger partial charge is 0.326 e. The summed E-state index contributed by atoms with van der Waals surface area (Å²) in [4.78, 5) is 25.4. The topological polar surface area (TPSA) is 88.9 Å². The van der Waals surface area contributed by atoms with Crippen molar-refractivity contribution in [1.29, 1.82) is 0 Å². The van der Waals surface area contributed by atoms with Gasteiger partial charge in [-0.2, -0.15) is 0 Å². The molecular weight excluding hydrogens is 374 g/mol. The highest BCUT2D eigenvalue weighted by molar-refractivity contribution is 7.99. The molecule has 1 heterocycles. The van der Waals surface area contributed by atoms with Gasteiger partial charge in [0.2, 0.25) is 5.91 Å². The monoisotopic (exact) mass is 393 g/mol. The van der Waals surface area contributed by atoms with E-state index in [1.54, 1.807) is 30.6 Å². The summed E-state index contributed by atoms with van der Waals surface area (Å²) in [5.74, 6) is -0.0832. The first-order valence-electron chi connectivity index (χ1n) is 8.93. The first-order chi connectivity index (χ1) is 13.6. The molecule has 0 spiro atoms. The van der Waals surface area contributed by atoms with E-state index in [0.717, 1.165) is 22.9 Å². The predicted molar refractivity (Wildman–Crippen MR) is 107 cm³/mol. The molecular formula is C20H19N5O2S. The molecule has 1 aliphatic carbocycles. The lowest BCUT2D eigenvalue weighted by molar-refractivity contribution is -0.117. The molecule has 28 heavy (non-hydrogen) atoms. The molecule has 142 valence electrons. The van der Waals surface area contributed by atoms with Gasteiger partial charge in [-0.15, -0.1) is 10.2 Å². The maximum absolute atomic E-state index is 12.5. The zero-order valence-electron chi connectivity index (χ0n) is 15.3. The number of benzene rings is 2. The summed E-state index contributed by atoms with van der Waals surface area (Å²) in [7, 11) is 1.89. The van der Waals surface area contributed by atoms with Crippen LogP contribution in [0, 0.1) is 5.92 Å². The van der Waals surface area contributed by atoms with Crippen molar-refractivity contribution >= 4 is 35.0 Å².